The maximum atomic E-state index is 6.36. The van der Waals surface area contributed by atoms with E-state index in [1.54, 1.807) is 0 Å². The van der Waals surface area contributed by atoms with Gasteiger partial charge in [0.05, 0.1) is 11.1 Å². The summed E-state index contributed by atoms with van der Waals surface area (Å²) in [4.78, 5) is 2.38. The van der Waals surface area contributed by atoms with Gasteiger partial charge in [-0.25, -0.2) is 0 Å². The SMILES string of the molecule is c1ccc2c(-c3ccc(N(c4ccc5cc6sc7ccccc7c6cc5c4)c4cccc5oc6ccccc6c45)cc3)cccc2c1. The minimum absolute atomic E-state index is 0.883. The third-order valence-corrected chi connectivity index (χ3v) is 10.6. The molecule has 220 valence electrons. The van der Waals surface area contributed by atoms with Crippen molar-refractivity contribution in [3.8, 4) is 11.1 Å². The van der Waals surface area contributed by atoms with E-state index in [0.29, 0.717) is 0 Å². The molecule has 2 aromatic heterocycles. The summed E-state index contributed by atoms with van der Waals surface area (Å²) >= 11 is 1.86. The maximum Gasteiger partial charge on any atom is 0.137 e. The Balaban J connectivity index is 1.19. The van der Waals surface area contributed by atoms with Gasteiger partial charge in [-0.05, 0) is 93.3 Å². The number of hydrogen-bond acceptors (Lipinski definition) is 3. The van der Waals surface area contributed by atoms with Crippen LogP contribution in [0.25, 0.3) is 74.8 Å². The van der Waals surface area contributed by atoms with Gasteiger partial charge in [-0.15, -0.1) is 11.3 Å². The third-order valence-electron chi connectivity index (χ3n) is 9.43. The fourth-order valence-electron chi connectivity index (χ4n) is 7.23. The summed E-state index contributed by atoms with van der Waals surface area (Å²) in [6.45, 7) is 0. The van der Waals surface area contributed by atoms with Crippen LogP contribution in [0.15, 0.2) is 168 Å². The molecule has 0 saturated heterocycles. The number of fused-ring (bicyclic) bond motifs is 8. The lowest BCUT2D eigenvalue weighted by Gasteiger charge is -2.27. The first-order chi connectivity index (χ1) is 23.3. The molecule has 3 heteroatoms. The second kappa shape index (κ2) is 10.3. The quantitative estimate of drug-likeness (QED) is 0.195. The van der Waals surface area contributed by atoms with Crippen molar-refractivity contribution in [2.45, 2.75) is 0 Å². The van der Waals surface area contributed by atoms with E-state index in [-0.39, 0.29) is 0 Å². The molecule has 0 radical (unpaired) electrons. The molecule has 0 N–H and O–H groups in total. The molecule has 0 aliphatic rings. The number of thiophene rings is 1. The van der Waals surface area contributed by atoms with Gasteiger partial charge in [-0.3, -0.25) is 0 Å². The van der Waals surface area contributed by atoms with Gasteiger partial charge in [0, 0.05) is 36.9 Å². The van der Waals surface area contributed by atoms with E-state index < -0.39 is 0 Å². The summed E-state index contributed by atoms with van der Waals surface area (Å²) < 4.78 is 9.00. The Morgan fingerprint density at radius 2 is 1.15 bits per heavy atom. The second-order valence-electron chi connectivity index (χ2n) is 12.1. The lowest BCUT2D eigenvalue weighted by atomic mass is 9.98. The number of benzene rings is 8. The molecule has 2 heterocycles. The fourth-order valence-corrected chi connectivity index (χ4v) is 8.37. The lowest BCUT2D eigenvalue weighted by Crippen LogP contribution is -2.10. The molecule has 0 aliphatic heterocycles. The standard InChI is InChI=1S/C44H27NOS/c1-2-11-34-28(9-1)10-7-14-35(34)29-19-22-32(23-20-29)45(39-15-8-17-41-44(39)37-13-3-5-16-40(37)46-41)33-24-21-30-27-43-38(26-31(30)25-33)36-12-4-6-18-42(36)47-43/h1-27H. The Morgan fingerprint density at radius 1 is 0.426 bits per heavy atom. The van der Waals surface area contributed by atoms with Gasteiger partial charge in [0.15, 0.2) is 0 Å². The highest BCUT2D eigenvalue weighted by atomic mass is 32.1. The van der Waals surface area contributed by atoms with E-state index in [2.05, 4.69) is 163 Å². The van der Waals surface area contributed by atoms with Crippen LogP contribution in [-0.4, -0.2) is 0 Å². The number of nitrogens with zero attached hydrogens (tertiary/aromatic N) is 1. The molecular weight excluding hydrogens is 591 g/mol. The number of anilines is 3. The van der Waals surface area contributed by atoms with Crippen LogP contribution in [0.2, 0.25) is 0 Å². The van der Waals surface area contributed by atoms with Gasteiger partial charge >= 0.3 is 0 Å². The van der Waals surface area contributed by atoms with Gasteiger partial charge in [-0.2, -0.15) is 0 Å². The minimum atomic E-state index is 0.883. The average Bonchev–Trinajstić information content (AvgIpc) is 3.69. The van der Waals surface area contributed by atoms with Crippen molar-refractivity contribution < 1.29 is 4.42 Å². The highest BCUT2D eigenvalue weighted by Crippen LogP contribution is 2.45. The molecule has 10 aromatic rings. The zero-order valence-corrected chi connectivity index (χ0v) is 26.2. The smallest absolute Gasteiger partial charge is 0.137 e. The molecular formula is C44H27NOS. The van der Waals surface area contributed by atoms with Crippen LogP contribution in [0.5, 0.6) is 0 Å². The summed E-state index contributed by atoms with van der Waals surface area (Å²) in [5, 5.41) is 9.82. The summed E-state index contributed by atoms with van der Waals surface area (Å²) in [5.41, 5.74) is 7.50. The molecule has 0 bridgehead atoms. The van der Waals surface area contributed by atoms with Crippen molar-refractivity contribution in [3.05, 3.63) is 164 Å². The Kier molecular flexibility index (Phi) is 5.78. The number of furan rings is 1. The van der Waals surface area contributed by atoms with Crippen LogP contribution in [0, 0.1) is 0 Å². The normalized spacial score (nSPS) is 11.8. The van der Waals surface area contributed by atoms with E-state index in [0.717, 1.165) is 39.0 Å². The Bertz CT molecular complexity index is 2800. The zero-order valence-electron chi connectivity index (χ0n) is 25.4. The maximum absolute atomic E-state index is 6.36. The second-order valence-corrected chi connectivity index (χ2v) is 13.2. The predicted molar refractivity (Wildman–Crippen MR) is 202 cm³/mol. The molecule has 0 amide bonds. The Morgan fingerprint density at radius 3 is 2.06 bits per heavy atom. The van der Waals surface area contributed by atoms with Crippen molar-refractivity contribution in [1.29, 1.82) is 0 Å². The van der Waals surface area contributed by atoms with Crippen LogP contribution in [-0.2, 0) is 0 Å². The highest BCUT2D eigenvalue weighted by molar-refractivity contribution is 7.25. The van der Waals surface area contributed by atoms with E-state index in [1.165, 1.54) is 52.8 Å². The van der Waals surface area contributed by atoms with Gasteiger partial charge in [-0.1, -0.05) is 103 Å². The van der Waals surface area contributed by atoms with E-state index >= 15 is 0 Å². The number of para-hydroxylation sites is 1. The van der Waals surface area contributed by atoms with Crippen molar-refractivity contribution in [2.75, 3.05) is 4.90 Å². The van der Waals surface area contributed by atoms with E-state index in [1.807, 2.05) is 17.4 Å². The molecule has 8 aromatic carbocycles. The molecule has 2 nitrogen and oxygen atoms in total. The topological polar surface area (TPSA) is 16.4 Å². The highest BCUT2D eigenvalue weighted by Gasteiger charge is 2.20. The van der Waals surface area contributed by atoms with Crippen LogP contribution < -0.4 is 4.90 Å². The molecule has 0 fully saturated rings. The Labute approximate surface area is 275 Å². The molecule has 0 atom stereocenters. The summed E-state index contributed by atoms with van der Waals surface area (Å²) in [6.07, 6.45) is 0. The molecule has 0 unspecified atom stereocenters. The Hall–Kier alpha value is -5.90. The van der Waals surface area contributed by atoms with E-state index in [4.69, 9.17) is 4.42 Å². The van der Waals surface area contributed by atoms with Crippen LogP contribution in [0.3, 0.4) is 0 Å². The first-order valence-electron chi connectivity index (χ1n) is 15.9. The van der Waals surface area contributed by atoms with Gasteiger partial charge in [0.2, 0.25) is 0 Å². The van der Waals surface area contributed by atoms with Crippen molar-refractivity contribution >= 4 is 92.1 Å². The van der Waals surface area contributed by atoms with Gasteiger partial charge < -0.3 is 9.32 Å². The van der Waals surface area contributed by atoms with Crippen LogP contribution in [0.1, 0.15) is 0 Å². The molecule has 0 saturated carbocycles. The van der Waals surface area contributed by atoms with Gasteiger partial charge in [0.1, 0.15) is 11.2 Å². The first-order valence-corrected chi connectivity index (χ1v) is 16.7. The molecule has 0 spiro atoms. The monoisotopic (exact) mass is 617 g/mol. The summed E-state index contributed by atoms with van der Waals surface area (Å²) in [5.74, 6) is 0. The summed E-state index contributed by atoms with van der Waals surface area (Å²) in [7, 11) is 0. The predicted octanol–water partition coefficient (Wildman–Crippen LogP) is 13.4. The van der Waals surface area contributed by atoms with Gasteiger partial charge in [0.25, 0.3) is 0 Å². The first kappa shape index (κ1) is 26.3. The van der Waals surface area contributed by atoms with Crippen LogP contribution >= 0.6 is 11.3 Å². The van der Waals surface area contributed by atoms with Crippen molar-refractivity contribution in [3.63, 3.8) is 0 Å². The number of rotatable bonds is 4. The average molecular weight is 618 g/mol. The minimum Gasteiger partial charge on any atom is -0.456 e. The van der Waals surface area contributed by atoms with Crippen molar-refractivity contribution in [1.82, 2.24) is 0 Å². The zero-order chi connectivity index (χ0) is 30.9. The third kappa shape index (κ3) is 4.17. The molecule has 47 heavy (non-hydrogen) atoms. The molecule has 10 rings (SSSR count). The number of hydrogen-bond donors (Lipinski definition) is 0. The largest absolute Gasteiger partial charge is 0.456 e. The summed E-state index contributed by atoms with van der Waals surface area (Å²) in [6, 6.07) is 59.1. The van der Waals surface area contributed by atoms with Crippen LogP contribution in [0.4, 0.5) is 17.1 Å². The molecule has 0 aliphatic carbocycles. The van der Waals surface area contributed by atoms with E-state index in [9.17, 15) is 0 Å². The van der Waals surface area contributed by atoms with Crippen molar-refractivity contribution in [2.24, 2.45) is 0 Å². The lowest BCUT2D eigenvalue weighted by molar-refractivity contribution is 0.669. The fraction of sp³-hybridized carbons (Fsp3) is 0.